The monoisotopic (exact) mass is 414 g/mol. The first-order valence-corrected chi connectivity index (χ1v) is 9.51. The summed E-state index contributed by atoms with van der Waals surface area (Å²) in [6, 6.07) is 24.5. The molecule has 4 rings (SSSR count). The third kappa shape index (κ3) is 4.62. The van der Waals surface area contributed by atoms with Crippen molar-refractivity contribution in [2.45, 2.75) is 6.61 Å². The number of rotatable bonds is 5. The molecule has 0 atom stereocenters. The Morgan fingerprint density at radius 3 is 2.23 bits per heavy atom. The van der Waals surface area contributed by atoms with Gasteiger partial charge in [0.15, 0.2) is 0 Å². The number of amides is 2. The normalized spacial score (nSPS) is 10.5. The fourth-order valence-electron chi connectivity index (χ4n) is 2.98. The Labute approximate surface area is 177 Å². The Bertz CT molecular complexity index is 1300. The molecule has 0 unspecified atom stereocenters. The van der Waals surface area contributed by atoms with E-state index in [-0.39, 0.29) is 17.7 Å². The van der Waals surface area contributed by atoms with Gasteiger partial charge in [-0.15, -0.1) is 0 Å². The molecule has 1 aromatic heterocycles. The fraction of sp³-hybridized carbons (Fsp3) is 0.0417. The lowest BCUT2D eigenvalue weighted by molar-refractivity contribution is 0.0842. The van der Waals surface area contributed by atoms with E-state index in [0.717, 1.165) is 5.56 Å². The van der Waals surface area contributed by atoms with Crippen molar-refractivity contribution in [1.29, 1.82) is 0 Å². The minimum absolute atomic E-state index is 0.215. The largest absolute Gasteiger partial charge is 0.488 e. The summed E-state index contributed by atoms with van der Waals surface area (Å²) in [7, 11) is 0. The molecule has 0 saturated carbocycles. The van der Waals surface area contributed by atoms with Crippen LogP contribution < -0.4 is 21.2 Å². The summed E-state index contributed by atoms with van der Waals surface area (Å²) in [5.41, 5.74) is 5.12. The van der Waals surface area contributed by atoms with E-state index >= 15 is 0 Å². The second kappa shape index (κ2) is 8.96. The van der Waals surface area contributed by atoms with Crippen LogP contribution in [0.25, 0.3) is 11.0 Å². The maximum Gasteiger partial charge on any atom is 0.349 e. The van der Waals surface area contributed by atoms with Crippen molar-refractivity contribution in [2.24, 2.45) is 0 Å². The third-order valence-electron chi connectivity index (χ3n) is 4.54. The van der Waals surface area contributed by atoms with Gasteiger partial charge in [0, 0.05) is 5.39 Å². The first kappa shape index (κ1) is 19.9. The van der Waals surface area contributed by atoms with Gasteiger partial charge in [-0.25, -0.2) is 4.79 Å². The second-order valence-corrected chi connectivity index (χ2v) is 6.66. The van der Waals surface area contributed by atoms with E-state index in [1.165, 1.54) is 6.07 Å². The molecule has 2 N–H and O–H groups in total. The molecule has 7 heteroatoms. The Balaban J connectivity index is 1.45. The molecular weight excluding hydrogens is 396 g/mol. The van der Waals surface area contributed by atoms with Gasteiger partial charge in [0.2, 0.25) is 0 Å². The van der Waals surface area contributed by atoms with Crippen LogP contribution >= 0.6 is 0 Å². The Hall–Kier alpha value is -4.39. The lowest BCUT2D eigenvalue weighted by Crippen LogP contribution is -2.43. The van der Waals surface area contributed by atoms with Gasteiger partial charge in [-0.2, -0.15) is 0 Å². The number of hydrazine groups is 1. The van der Waals surface area contributed by atoms with E-state index in [1.807, 2.05) is 30.3 Å². The molecule has 154 valence electrons. The van der Waals surface area contributed by atoms with E-state index in [0.29, 0.717) is 16.7 Å². The third-order valence-corrected chi connectivity index (χ3v) is 4.54. The predicted octanol–water partition coefficient (Wildman–Crippen LogP) is 3.45. The molecule has 0 radical (unpaired) electrons. The molecule has 0 aliphatic heterocycles. The van der Waals surface area contributed by atoms with Crippen LogP contribution in [0.15, 0.2) is 94.1 Å². The first-order chi connectivity index (χ1) is 15.1. The summed E-state index contributed by atoms with van der Waals surface area (Å²) >= 11 is 0. The summed E-state index contributed by atoms with van der Waals surface area (Å²) in [6.45, 7) is 0.287. The quantitative estimate of drug-likeness (QED) is 0.385. The lowest BCUT2D eigenvalue weighted by Gasteiger charge is -2.12. The van der Waals surface area contributed by atoms with Crippen molar-refractivity contribution in [1.82, 2.24) is 10.9 Å². The lowest BCUT2D eigenvalue weighted by atomic mass is 10.2. The molecule has 0 aliphatic rings. The van der Waals surface area contributed by atoms with Crippen molar-refractivity contribution in [3.8, 4) is 5.75 Å². The van der Waals surface area contributed by atoms with Crippen molar-refractivity contribution in [2.75, 3.05) is 0 Å². The fourth-order valence-corrected chi connectivity index (χ4v) is 2.98. The number of fused-ring (bicyclic) bond motifs is 1. The summed E-state index contributed by atoms with van der Waals surface area (Å²) in [4.78, 5) is 37.1. The van der Waals surface area contributed by atoms with E-state index in [4.69, 9.17) is 9.15 Å². The van der Waals surface area contributed by atoms with Crippen molar-refractivity contribution in [3.63, 3.8) is 0 Å². The van der Waals surface area contributed by atoms with Gasteiger partial charge in [-0.1, -0.05) is 60.7 Å². The van der Waals surface area contributed by atoms with Gasteiger partial charge in [-0.05, 0) is 29.8 Å². The van der Waals surface area contributed by atoms with Gasteiger partial charge >= 0.3 is 5.63 Å². The number of hydrogen-bond acceptors (Lipinski definition) is 5. The van der Waals surface area contributed by atoms with Crippen molar-refractivity contribution in [3.05, 3.63) is 112 Å². The zero-order valence-corrected chi connectivity index (χ0v) is 16.3. The number of para-hydroxylation sites is 2. The van der Waals surface area contributed by atoms with Crippen LogP contribution in [0.5, 0.6) is 5.75 Å². The highest BCUT2D eigenvalue weighted by atomic mass is 16.5. The molecule has 1 heterocycles. The molecule has 2 amide bonds. The zero-order chi connectivity index (χ0) is 21.6. The average Bonchev–Trinajstić information content (AvgIpc) is 2.81. The van der Waals surface area contributed by atoms with Crippen LogP contribution in [0.3, 0.4) is 0 Å². The van der Waals surface area contributed by atoms with E-state index < -0.39 is 17.4 Å². The van der Waals surface area contributed by atoms with Gasteiger partial charge in [-0.3, -0.25) is 20.4 Å². The molecule has 0 aliphatic carbocycles. The van der Waals surface area contributed by atoms with Crippen molar-refractivity contribution >= 4 is 22.8 Å². The molecule has 7 nitrogen and oxygen atoms in total. The smallest absolute Gasteiger partial charge is 0.349 e. The highest BCUT2D eigenvalue weighted by molar-refractivity contribution is 6.01. The molecule has 0 fully saturated rings. The Morgan fingerprint density at radius 2 is 1.42 bits per heavy atom. The minimum atomic E-state index is -0.794. The first-order valence-electron chi connectivity index (χ1n) is 9.51. The van der Waals surface area contributed by atoms with E-state index in [9.17, 15) is 14.4 Å². The topological polar surface area (TPSA) is 97.6 Å². The van der Waals surface area contributed by atoms with Crippen molar-refractivity contribution < 1.29 is 18.7 Å². The number of benzene rings is 3. The van der Waals surface area contributed by atoms with E-state index in [2.05, 4.69) is 10.9 Å². The SMILES string of the molecule is O=C(NNC(=O)c1cc2ccccc2oc1=O)c1ccccc1OCc1ccccc1. The van der Waals surface area contributed by atoms with Crippen LogP contribution in [0.1, 0.15) is 26.3 Å². The van der Waals surface area contributed by atoms with Crippen LogP contribution in [-0.2, 0) is 6.61 Å². The Morgan fingerprint density at radius 1 is 0.774 bits per heavy atom. The van der Waals surface area contributed by atoms with Crippen LogP contribution in [0, 0.1) is 0 Å². The standard InChI is InChI=1S/C24H18N2O5/c27-22(18-11-5-7-13-21(18)30-15-16-8-2-1-3-9-16)25-26-23(28)19-14-17-10-4-6-12-20(17)31-24(19)29/h1-14H,15H2,(H,25,27)(H,26,28). The van der Waals surface area contributed by atoms with Crippen LogP contribution in [0.4, 0.5) is 0 Å². The minimum Gasteiger partial charge on any atom is -0.488 e. The molecule has 0 spiro atoms. The van der Waals surface area contributed by atoms with Gasteiger partial charge in [0.25, 0.3) is 11.8 Å². The maximum absolute atomic E-state index is 12.6. The van der Waals surface area contributed by atoms with Gasteiger partial charge in [0.05, 0.1) is 5.56 Å². The van der Waals surface area contributed by atoms with Crippen LogP contribution in [0.2, 0.25) is 0 Å². The number of hydrogen-bond donors (Lipinski definition) is 2. The second-order valence-electron chi connectivity index (χ2n) is 6.66. The number of carbonyl (C=O) groups excluding carboxylic acids is 2. The highest BCUT2D eigenvalue weighted by Gasteiger charge is 2.17. The highest BCUT2D eigenvalue weighted by Crippen LogP contribution is 2.19. The molecule has 3 aromatic carbocycles. The molecule has 4 aromatic rings. The number of ether oxygens (including phenoxy) is 1. The van der Waals surface area contributed by atoms with Crippen LogP contribution in [-0.4, -0.2) is 11.8 Å². The average molecular weight is 414 g/mol. The number of carbonyl (C=O) groups is 2. The van der Waals surface area contributed by atoms with E-state index in [1.54, 1.807) is 48.5 Å². The van der Waals surface area contributed by atoms with Gasteiger partial charge in [0.1, 0.15) is 23.5 Å². The summed E-state index contributed by atoms with van der Waals surface area (Å²) < 4.78 is 10.9. The summed E-state index contributed by atoms with van der Waals surface area (Å²) in [5.74, 6) is -0.999. The maximum atomic E-state index is 12.6. The molecule has 31 heavy (non-hydrogen) atoms. The molecule has 0 saturated heterocycles. The number of nitrogens with one attached hydrogen (secondary N) is 2. The summed E-state index contributed by atoms with van der Waals surface area (Å²) in [5, 5.41) is 0.596. The molecule has 0 bridgehead atoms. The molecular formula is C24H18N2O5. The summed E-state index contributed by atoms with van der Waals surface area (Å²) in [6.07, 6.45) is 0. The zero-order valence-electron chi connectivity index (χ0n) is 16.3. The predicted molar refractivity (Wildman–Crippen MR) is 115 cm³/mol. The Kier molecular flexibility index (Phi) is 5.75. The van der Waals surface area contributed by atoms with Gasteiger partial charge < -0.3 is 9.15 Å².